The molecule has 0 aliphatic carbocycles. The fourth-order valence-electron chi connectivity index (χ4n) is 4.63. The predicted octanol–water partition coefficient (Wildman–Crippen LogP) is 4.49. The lowest BCUT2D eigenvalue weighted by molar-refractivity contribution is -0.138. The summed E-state index contributed by atoms with van der Waals surface area (Å²) in [6, 6.07) is 16.9. The molecule has 156 valence electrons. The minimum Gasteiger partial charge on any atom is -0.369 e. The first-order valence-electron chi connectivity index (χ1n) is 10.4. The molecule has 0 N–H and O–H groups in total. The summed E-state index contributed by atoms with van der Waals surface area (Å²) in [5, 5.41) is 0. The second-order valence-electron chi connectivity index (χ2n) is 8.04. The molecule has 0 bridgehead atoms. The van der Waals surface area contributed by atoms with E-state index in [1.165, 1.54) is 17.8 Å². The van der Waals surface area contributed by atoms with Crippen LogP contribution in [-0.4, -0.2) is 55.1 Å². The van der Waals surface area contributed by atoms with Crippen molar-refractivity contribution in [2.75, 3.05) is 44.2 Å². The van der Waals surface area contributed by atoms with E-state index in [-0.39, 0.29) is 0 Å². The number of piperazine rings is 1. The van der Waals surface area contributed by atoms with Gasteiger partial charge in [0.25, 0.3) is 0 Å². The molecule has 0 spiro atoms. The van der Waals surface area contributed by atoms with Gasteiger partial charge in [-0.3, -0.25) is 9.80 Å². The molecule has 0 aromatic heterocycles. The van der Waals surface area contributed by atoms with E-state index in [1.807, 2.05) is 6.07 Å². The number of likely N-dealkylation sites (tertiary alicyclic amines) is 1. The Morgan fingerprint density at radius 1 is 0.828 bits per heavy atom. The first kappa shape index (κ1) is 20.2. The summed E-state index contributed by atoms with van der Waals surface area (Å²) < 4.78 is 39.9. The zero-order chi connectivity index (χ0) is 20.3. The summed E-state index contributed by atoms with van der Waals surface area (Å²) in [5.41, 5.74) is 1.15. The van der Waals surface area contributed by atoms with Crippen LogP contribution in [0.25, 0.3) is 0 Å². The minimum absolute atomic E-state index is 0.371. The maximum atomic E-state index is 13.3. The third-order valence-electron chi connectivity index (χ3n) is 6.15. The molecule has 6 heteroatoms. The fourth-order valence-corrected chi connectivity index (χ4v) is 4.63. The molecule has 2 aliphatic rings. The number of benzene rings is 2. The first-order valence-corrected chi connectivity index (χ1v) is 10.4. The van der Waals surface area contributed by atoms with Crippen LogP contribution in [0.1, 0.15) is 24.0 Å². The maximum absolute atomic E-state index is 13.3. The largest absolute Gasteiger partial charge is 0.416 e. The van der Waals surface area contributed by atoms with Crippen molar-refractivity contribution in [3.63, 3.8) is 0 Å². The van der Waals surface area contributed by atoms with E-state index in [2.05, 4.69) is 39.0 Å². The van der Waals surface area contributed by atoms with Crippen molar-refractivity contribution in [2.45, 2.75) is 31.6 Å². The summed E-state index contributed by atoms with van der Waals surface area (Å²) in [4.78, 5) is 7.14. The van der Waals surface area contributed by atoms with Gasteiger partial charge in [-0.15, -0.1) is 0 Å². The second kappa shape index (κ2) is 8.76. The lowest BCUT2D eigenvalue weighted by Crippen LogP contribution is -2.55. The number of nitrogens with zero attached hydrogens (tertiary/aromatic N) is 3. The molecule has 1 atom stereocenters. The van der Waals surface area contributed by atoms with E-state index in [1.54, 1.807) is 12.1 Å². The summed E-state index contributed by atoms with van der Waals surface area (Å²) >= 11 is 0. The Hall–Kier alpha value is -2.05. The van der Waals surface area contributed by atoms with Crippen LogP contribution in [0.3, 0.4) is 0 Å². The van der Waals surface area contributed by atoms with E-state index in [0.717, 1.165) is 52.1 Å². The smallest absolute Gasteiger partial charge is 0.369 e. The predicted molar refractivity (Wildman–Crippen MR) is 110 cm³/mol. The van der Waals surface area contributed by atoms with Gasteiger partial charge in [0.2, 0.25) is 0 Å². The number of hydrogen-bond donors (Lipinski definition) is 0. The molecule has 2 saturated heterocycles. The zero-order valence-electron chi connectivity index (χ0n) is 16.6. The van der Waals surface area contributed by atoms with Crippen molar-refractivity contribution < 1.29 is 13.2 Å². The maximum Gasteiger partial charge on any atom is 0.416 e. The van der Waals surface area contributed by atoms with Crippen LogP contribution in [0, 0.1) is 0 Å². The number of rotatable bonds is 4. The highest BCUT2D eigenvalue weighted by Crippen LogP contribution is 2.33. The molecular weight excluding hydrogens is 375 g/mol. The summed E-state index contributed by atoms with van der Waals surface area (Å²) in [6.45, 7) is 6.09. The molecule has 3 nitrogen and oxygen atoms in total. The van der Waals surface area contributed by atoms with Crippen LogP contribution in [0.5, 0.6) is 0 Å². The molecule has 2 aromatic rings. The Balaban J connectivity index is 1.35. The highest BCUT2D eigenvalue weighted by Gasteiger charge is 2.34. The van der Waals surface area contributed by atoms with Crippen molar-refractivity contribution in [3.05, 3.63) is 65.7 Å². The molecule has 0 unspecified atom stereocenters. The van der Waals surface area contributed by atoms with Gasteiger partial charge in [0.15, 0.2) is 0 Å². The van der Waals surface area contributed by atoms with E-state index in [4.69, 9.17) is 0 Å². The lowest BCUT2D eigenvalue weighted by Gasteiger charge is -2.44. The van der Waals surface area contributed by atoms with Crippen molar-refractivity contribution in [3.8, 4) is 0 Å². The normalized spacial score (nSPS) is 22.0. The minimum atomic E-state index is -4.29. The third-order valence-corrected chi connectivity index (χ3v) is 6.15. The SMILES string of the molecule is FC(F)(F)c1ccccc1CN1CCC[C@@H](N2CCN(c3ccccc3)CC2)C1. The van der Waals surface area contributed by atoms with Crippen LogP contribution >= 0.6 is 0 Å². The second-order valence-corrected chi connectivity index (χ2v) is 8.04. The van der Waals surface area contributed by atoms with Crippen LogP contribution in [-0.2, 0) is 12.7 Å². The molecule has 0 amide bonds. The van der Waals surface area contributed by atoms with Crippen LogP contribution < -0.4 is 4.90 Å². The quantitative estimate of drug-likeness (QED) is 0.745. The summed E-state index contributed by atoms with van der Waals surface area (Å²) in [5.74, 6) is 0. The summed E-state index contributed by atoms with van der Waals surface area (Å²) in [7, 11) is 0. The van der Waals surface area contributed by atoms with Gasteiger partial charge in [-0.1, -0.05) is 36.4 Å². The van der Waals surface area contributed by atoms with Gasteiger partial charge in [0, 0.05) is 51.0 Å². The first-order chi connectivity index (χ1) is 14.0. The Morgan fingerprint density at radius 2 is 1.52 bits per heavy atom. The van der Waals surface area contributed by atoms with Crippen molar-refractivity contribution in [2.24, 2.45) is 0 Å². The van der Waals surface area contributed by atoms with Gasteiger partial charge < -0.3 is 4.90 Å². The van der Waals surface area contributed by atoms with E-state index >= 15 is 0 Å². The monoisotopic (exact) mass is 403 g/mol. The standard InChI is InChI=1S/C23H28F3N3/c24-23(25,26)22-11-5-4-7-19(22)17-27-12-6-10-21(18-27)29-15-13-28(14-16-29)20-8-2-1-3-9-20/h1-5,7-9,11,21H,6,10,12-18H2/t21-/m1/s1. The molecule has 2 aliphatic heterocycles. The lowest BCUT2D eigenvalue weighted by atomic mass is 10.0. The summed E-state index contributed by atoms with van der Waals surface area (Å²) in [6.07, 6.45) is -2.12. The molecule has 0 radical (unpaired) electrons. The number of piperidine rings is 1. The Kier molecular flexibility index (Phi) is 6.11. The topological polar surface area (TPSA) is 9.72 Å². The molecule has 2 fully saturated rings. The van der Waals surface area contributed by atoms with Gasteiger partial charge in [-0.25, -0.2) is 0 Å². The van der Waals surface area contributed by atoms with Gasteiger partial charge in [-0.2, -0.15) is 13.2 Å². The van der Waals surface area contributed by atoms with Gasteiger partial charge in [0.05, 0.1) is 5.56 Å². The van der Waals surface area contributed by atoms with Crippen LogP contribution in [0.2, 0.25) is 0 Å². The molecule has 29 heavy (non-hydrogen) atoms. The van der Waals surface area contributed by atoms with Crippen LogP contribution in [0.15, 0.2) is 54.6 Å². The number of alkyl halides is 3. The molecule has 2 aromatic carbocycles. The number of anilines is 1. The molecule has 2 heterocycles. The van der Waals surface area contributed by atoms with Gasteiger partial charge in [-0.05, 0) is 43.1 Å². The Bertz CT molecular complexity index is 785. The van der Waals surface area contributed by atoms with Crippen LogP contribution in [0.4, 0.5) is 18.9 Å². The zero-order valence-corrected chi connectivity index (χ0v) is 16.6. The van der Waals surface area contributed by atoms with Crippen molar-refractivity contribution >= 4 is 5.69 Å². The van der Waals surface area contributed by atoms with Gasteiger partial charge in [0.1, 0.15) is 0 Å². The van der Waals surface area contributed by atoms with E-state index in [9.17, 15) is 13.2 Å². The number of halogens is 3. The Labute approximate surface area is 170 Å². The molecular formula is C23H28F3N3. The highest BCUT2D eigenvalue weighted by molar-refractivity contribution is 5.46. The van der Waals surface area contributed by atoms with Crippen molar-refractivity contribution in [1.82, 2.24) is 9.80 Å². The van der Waals surface area contributed by atoms with Crippen molar-refractivity contribution in [1.29, 1.82) is 0 Å². The average Bonchev–Trinajstić information content (AvgIpc) is 2.74. The highest BCUT2D eigenvalue weighted by atomic mass is 19.4. The average molecular weight is 403 g/mol. The number of hydrogen-bond acceptors (Lipinski definition) is 3. The van der Waals surface area contributed by atoms with Gasteiger partial charge >= 0.3 is 6.18 Å². The third kappa shape index (κ3) is 4.93. The molecule has 0 saturated carbocycles. The van der Waals surface area contributed by atoms with E-state index in [0.29, 0.717) is 18.2 Å². The Morgan fingerprint density at radius 3 is 2.24 bits per heavy atom. The molecule has 4 rings (SSSR count). The van der Waals surface area contributed by atoms with E-state index < -0.39 is 11.7 Å². The number of para-hydroxylation sites is 1. The fraction of sp³-hybridized carbons (Fsp3) is 0.478.